The summed E-state index contributed by atoms with van der Waals surface area (Å²) in [4.78, 5) is 10.2. The minimum absolute atomic E-state index is 0.154. The Hall–Kier alpha value is -2.12. The van der Waals surface area contributed by atoms with Crippen LogP contribution in [0.4, 0.5) is 5.69 Å². The van der Waals surface area contributed by atoms with E-state index in [1.807, 2.05) is 0 Å². The van der Waals surface area contributed by atoms with Gasteiger partial charge >= 0.3 is 17.4 Å². The average Bonchev–Trinajstić information content (AvgIpc) is 2.22. The third-order valence-corrected chi connectivity index (χ3v) is 1.62. The van der Waals surface area contributed by atoms with Crippen LogP contribution in [0.15, 0.2) is 6.07 Å². The van der Waals surface area contributed by atoms with Crippen LogP contribution in [0.25, 0.3) is 0 Å². The van der Waals surface area contributed by atoms with Gasteiger partial charge in [-0.05, 0) is 18.7 Å². The molecular weight excluding hydrogens is 218 g/mol. The molecule has 0 unspecified atom stereocenters. The molecule has 0 saturated heterocycles. The van der Waals surface area contributed by atoms with E-state index in [9.17, 15) is 15.3 Å². The van der Waals surface area contributed by atoms with Crippen molar-refractivity contribution in [3.8, 4) is 11.8 Å². The number of rotatable bonds is 5. The van der Waals surface area contributed by atoms with Crippen LogP contribution >= 0.6 is 0 Å². The van der Waals surface area contributed by atoms with E-state index in [4.69, 9.17) is 9.47 Å². The Balaban J connectivity index is 3.19. The fraction of sp³-hybridized carbons (Fsp3) is 0.500. The van der Waals surface area contributed by atoms with Gasteiger partial charge in [0.2, 0.25) is 0 Å². The molecule has 0 aromatic carbocycles. The summed E-state index contributed by atoms with van der Waals surface area (Å²) in [6.45, 7) is 3.69. The number of ether oxygens (including phenoxy) is 2. The van der Waals surface area contributed by atoms with Crippen LogP contribution in [-0.2, 0) is 0 Å². The molecule has 0 amide bonds. The van der Waals surface area contributed by atoms with Gasteiger partial charge in [-0.1, -0.05) is 0 Å². The molecule has 88 valence electrons. The number of hydrogen-bond acceptors (Lipinski definition) is 6. The lowest BCUT2D eigenvalue weighted by Crippen LogP contribution is -2.34. The first kappa shape index (κ1) is 12.0. The smallest absolute Gasteiger partial charge is 0.413 e. The molecular formula is C8H11N3O5. The van der Waals surface area contributed by atoms with Crippen molar-refractivity contribution in [2.45, 2.75) is 13.8 Å². The Labute approximate surface area is 91.1 Å². The largest absolute Gasteiger partial charge is 0.591 e. The molecule has 1 aromatic rings. The van der Waals surface area contributed by atoms with Crippen molar-refractivity contribution in [2.75, 3.05) is 13.2 Å². The molecule has 0 aliphatic carbocycles. The minimum atomic E-state index is -0.680. The topological polar surface area (TPSA) is 101 Å². The molecule has 1 rings (SSSR count). The maximum Gasteiger partial charge on any atom is 0.413 e. The van der Waals surface area contributed by atoms with Gasteiger partial charge < -0.3 is 14.7 Å². The lowest BCUT2D eigenvalue weighted by atomic mass is 10.4. The molecule has 0 spiro atoms. The van der Waals surface area contributed by atoms with Crippen molar-refractivity contribution in [1.29, 1.82) is 0 Å². The molecule has 0 aliphatic rings. The van der Waals surface area contributed by atoms with Gasteiger partial charge in [0.1, 0.15) is 6.07 Å². The molecule has 1 heterocycles. The summed E-state index contributed by atoms with van der Waals surface area (Å²) < 4.78 is 9.77. The van der Waals surface area contributed by atoms with Crippen LogP contribution in [0.3, 0.4) is 0 Å². The molecule has 0 radical (unpaired) electrons. The highest BCUT2D eigenvalue weighted by Crippen LogP contribution is 2.25. The van der Waals surface area contributed by atoms with Gasteiger partial charge in [-0.2, -0.15) is 0 Å². The highest BCUT2D eigenvalue weighted by molar-refractivity contribution is 5.40. The summed E-state index contributed by atoms with van der Waals surface area (Å²) >= 11 is 0. The molecule has 0 N–H and O–H groups in total. The quantitative estimate of drug-likeness (QED) is 0.314. The van der Waals surface area contributed by atoms with Crippen molar-refractivity contribution >= 4 is 5.69 Å². The monoisotopic (exact) mass is 229 g/mol. The summed E-state index contributed by atoms with van der Waals surface area (Å²) in [5.41, 5.74) is -0.391. The Morgan fingerprint density at radius 2 is 2.06 bits per heavy atom. The zero-order valence-corrected chi connectivity index (χ0v) is 8.87. The van der Waals surface area contributed by atoms with E-state index in [0.29, 0.717) is 0 Å². The molecule has 8 heteroatoms. The van der Waals surface area contributed by atoms with Gasteiger partial charge in [0, 0.05) is 0 Å². The van der Waals surface area contributed by atoms with Crippen LogP contribution in [0.1, 0.15) is 13.8 Å². The highest BCUT2D eigenvalue weighted by Gasteiger charge is 2.25. The summed E-state index contributed by atoms with van der Waals surface area (Å²) in [6.07, 6.45) is 0. The molecule has 0 fully saturated rings. The van der Waals surface area contributed by atoms with Gasteiger partial charge in [0.15, 0.2) is 0 Å². The van der Waals surface area contributed by atoms with E-state index in [1.165, 1.54) is 0 Å². The van der Waals surface area contributed by atoms with Crippen LogP contribution in [0.5, 0.6) is 11.8 Å². The fourth-order valence-corrected chi connectivity index (χ4v) is 1.03. The van der Waals surface area contributed by atoms with Crippen molar-refractivity contribution in [2.24, 2.45) is 0 Å². The maximum atomic E-state index is 11.3. The number of hydrogen-bond donors (Lipinski definition) is 0. The van der Waals surface area contributed by atoms with E-state index in [-0.39, 0.29) is 29.8 Å². The third-order valence-electron chi connectivity index (χ3n) is 1.62. The standard InChI is InChI=1S/C8H11N3O5/c1-3-15-7-5-6(11(13)14)8(16-4-2)9-10(7)12/h5H,3-4H2,1-2H3. The van der Waals surface area contributed by atoms with Gasteiger partial charge in [-0.3, -0.25) is 10.1 Å². The normalized spacial score (nSPS) is 9.88. The zero-order valence-electron chi connectivity index (χ0n) is 8.87. The fourth-order valence-electron chi connectivity index (χ4n) is 1.03. The van der Waals surface area contributed by atoms with E-state index in [2.05, 4.69) is 5.10 Å². The van der Waals surface area contributed by atoms with Crippen LogP contribution in [0, 0.1) is 15.3 Å². The molecule has 16 heavy (non-hydrogen) atoms. The minimum Gasteiger partial charge on any atom is -0.591 e. The van der Waals surface area contributed by atoms with Gasteiger partial charge in [-0.15, -0.1) is 0 Å². The van der Waals surface area contributed by atoms with Crippen molar-refractivity contribution in [3.05, 3.63) is 21.4 Å². The first-order chi connectivity index (χ1) is 7.60. The van der Waals surface area contributed by atoms with Crippen LogP contribution in [-0.4, -0.2) is 23.2 Å². The first-order valence-electron chi connectivity index (χ1n) is 4.65. The summed E-state index contributed by atoms with van der Waals surface area (Å²) in [7, 11) is 0. The Morgan fingerprint density at radius 3 is 2.56 bits per heavy atom. The summed E-state index contributed by atoms with van der Waals surface area (Å²) in [5.74, 6) is -0.538. The molecule has 0 aliphatic heterocycles. The molecule has 0 atom stereocenters. The maximum absolute atomic E-state index is 11.3. The molecule has 1 aromatic heterocycles. The summed E-state index contributed by atoms with van der Waals surface area (Å²) in [6, 6.07) is 0.995. The van der Waals surface area contributed by atoms with Gasteiger partial charge in [0.05, 0.1) is 23.2 Å². The molecule has 0 bridgehead atoms. The second-order valence-corrected chi connectivity index (χ2v) is 2.67. The van der Waals surface area contributed by atoms with Gasteiger partial charge in [0.25, 0.3) is 0 Å². The summed E-state index contributed by atoms with van der Waals surface area (Å²) in [5, 5.41) is 25.3. The second-order valence-electron chi connectivity index (χ2n) is 2.67. The van der Waals surface area contributed by atoms with Crippen molar-refractivity contribution < 1.29 is 19.2 Å². The molecule has 0 saturated carbocycles. The van der Waals surface area contributed by atoms with E-state index in [0.717, 1.165) is 6.07 Å². The molecule has 8 nitrogen and oxygen atoms in total. The van der Waals surface area contributed by atoms with E-state index < -0.39 is 10.6 Å². The van der Waals surface area contributed by atoms with Gasteiger partial charge in [-0.25, -0.2) is 0 Å². The van der Waals surface area contributed by atoms with Crippen molar-refractivity contribution in [1.82, 2.24) is 5.10 Å². The predicted molar refractivity (Wildman–Crippen MR) is 52.2 cm³/mol. The predicted octanol–water partition coefficient (Wildman–Crippen LogP) is 0.421. The Kier molecular flexibility index (Phi) is 3.81. The first-order valence-corrected chi connectivity index (χ1v) is 4.65. The van der Waals surface area contributed by atoms with E-state index >= 15 is 0 Å². The zero-order chi connectivity index (χ0) is 12.1. The number of aromatic nitrogens is 2. The highest BCUT2D eigenvalue weighted by atomic mass is 16.6. The van der Waals surface area contributed by atoms with E-state index in [1.54, 1.807) is 13.8 Å². The Bertz CT molecular complexity index is 396. The third kappa shape index (κ3) is 2.47. The second kappa shape index (κ2) is 5.10. The van der Waals surface area contributed by atoms with Crippen molar-refractivity contribution in [3.63, 3.8) is 0 Å². The average molecular weight is 229 g/mol. The Morgan fingerprint density at radius 1 is 1.44 bits per heavy atom. The number of nitro groups is 1. The lowest BCUT2D eigenvalue weighted by Gasteiger charge is -2.05. The lowest BCUT2D eigenvalue weighted by molar-refractivity contribution is -0.676. The van der Waals surface area contributed by atoms with Crippen LogP contribution in [0.2, 0.25) is 0 Å². The SMILES string of the molecule is CCOc1n[n+]([O-])c(OCC)cc1[N+](=O)[O-]. The number of nitrogens with zero attached hydrogens (tertiary/aromatic N) is 3. The van der Waals surface area contributed by atoms with Crippen LogP contribution < -0.4 is 14.3 Å².